The van der Waals surface area contributed by atoms with Gasteiger partial charge in [-0.15, -0.1) is 10.2 Å². The molecule has 1 fully saturated rings. The summed E-state index contributed by atoms with van der Waals surface area (Å²) in [4.78, 5) is 17.7. The van der Waals surface area contributed by atoms with Crippen LogP contribution in [0.3, 0.4) is 0 Å². The van der Waals surface area contributed by atoms with E-state index < -0.39 is 5.82 Å². The van der Waals surface area contributed by atoms with Crippen LogP contribution in [0.2, 0.25) is 0 Å². The number of fused-ring (bicyclic) bond motifs is 1. The summed E-state index contributed by atoms with van der Waals surface area (Å²) in [6, 6.07) is 25.3. The van der Waals surface area contributed by atoms with Gasteiger partial charge in [-0.1, -0.05) is 62.9 Å². The highest BCUT2D eigenvalue weighted by molar-refractivity contribution is 7.99. The third-order valence-corrected chi connectivity index (χ3v) is 10.5. The molecule has 3 N–H and O–H groups in total. The minimum Gasteiger partial charge on any atom is -0.508 e. The number of phenolic OH excluding ortho intramolecular Hbond substituents is 1. The van der Waals surface area contributed by atoms with Crippen molar-refractivity contribution in [2.24, 2.45) is 0 Å². The van der Waals surface area contributed by atoms with Gasteiger partial charge in [-0.05, 0) is 66.1 Å². The van der Waals surface area contributed by atoms with Crippen LogP contribution in [-0.4, -0.2) is 66.7 Å². The molecule has 1 aliphatic heterocycles. The van der Waals surface area contributed by atoms with E-state index in [2.05, 4.69) is 58.6 Å². The number of morpholine rings is 1. The zero-order valence-electron chi connectivity index (χ0n) is 29.3. The molecule has 1 aliphatic rings. The van der Waals surface area contributed by atoms with Crippen molar-refractivity contribution in [2.75, 3.05) is 31.6 Å². The first-order valence-electron chi connectivity index (χ1n) is 17.3. The normalized spacial score (nSPS) is 13.8. The molecule has 6 aromatic rings. The van der Waals surface area contributed by atoms with Gasteiger partial charge in [-0.2, -0.15) is 5.10 Å². The molecule has 0 unspecified atom stereocenters. The number of nitrogens with one attached hydrogen (secondary N) is 2. The lowest BCUT2D eigenvalue weighted by atomic mass is 9.87. The first-order valence-corrected chi connectivity index (χ1v) is 18.1. The van der Waals surface area contributed by atoms with E-state index in [0.29, 0.717) is 11.5 Å². The fraction of sp³-hybridized carbons (Fsp3) is 0.282. The lowest BCUT2D eigenvalue weighted by Gasteiger charge is -2.26. The number of pyridine rings is 1. The number of halogens is 1. The maximum Gasteiger partial charge on any atom is 0.320 e. The molecule has 0 saturated carbocycles. The lowest BCUT2D eigenvalue weighted by molar-refractivity contribution is 0.0342. The van der Waals surface area contributed by atoms with Crippen molar-refractivity contribution < 1.29 is 19.0 Å². The third-order valence-electron chi connectivity index (χ3n) is 9.40. The van der Waals surface area contributed by atoms with Gasteiger partial charge in [0.15, 0.2) is 11.5 Å². The van der Waals surface area contributed by atoms with Crippen molar-refractivity contribution in [1.82, 2.24) is 34.6 Å². The van der Waals surface area contributed by atoms with Gasteiger partial charge in [-0.3, -0.25) is 14.6 Å². The Morgan fingerprint density at radius 2 is 1.83 bits per heavy atom. The number of carbonyl (C=O) groups is 1. The predicted octanol–water partition coefficient (Wildman–Crippen LogP) is 7.42. The summed E-state index contributed by atoms with van der Waals surface area (Å²) in [5, 5.41) is 29.4. The Morgan fingerprint density at radius 1 is 1.00 bits per heavy atom. The second kappa shape index (κ2) is 15.2. The molecule has 7 rings (SSSR count). The number of hydrogen-bond donors (Lipinski definition) is 3. The number of carbonyl (C=O) groups excluding carboxylic acids is 1. The van der Waals surface area contributed by atoms with Crippen molar-refractivity contribution in [1.29, 1.82) is 0 Å². The molecular formula is C39H41FN8O3S. The molecule has 52 heavy (non-hydrogen) atoms. The molecule has 0 aliphatic carbocycles. The molecular weight excluding hydrogens is 680 g/mol. The Bertz CT molecular complexity index is 2210. The molecule has 0 bridgehead atoms. The summed E-state index contributed by atoms with van der Waals surface area (Å²) < 4.78 is 23.7. The van der Waals surface area contributed by atoms with Crippen LogP contribution in [0.1, 0.15) is 44.0 Å². The highest BCUT2D eigenvalue weighted by Gasteiger charge is 2.25. The molecule has 268 valence electrons. The smallest absolute Gasteiger partial charge is 0.320 e. The number of rotatable bonds is 11. The summed E-state index contributed by atoms with van der Waals surface area (Å²) in [6.45, 7) is 10.8. The van der Waals surface area contributed by atoms with Gasteiger partial charge in [0.05, 0.1) is 30.2 Å². The van der Waals surface area contributed by atoms with Crippen molar-refractivity contribution >= 4 is 29.3 Å². The highest BCUT2D eigenvalue weighted by Crippen LogP contribution is 2.33. The van der Waals surface area contributed by atoms with E-state index in [9.17, 15) is 14.3 Å². The van der Waals surface area contributed by atoms with E-state index in [-0.39, 0.29) is 35.1 Å². The molecule has 0 atom stereocenters. The summed E-state index contributed by atoms with van der Waals surface area (Å²) in [5.74, 6) is 0.297. The second-order valence-corrected chi connectivity index (χ2v) is 14.5. The molecule has 4 heterocycles. The summed E-state index contributed by atoms with van der Waals surface area (Å²) >= 11 is 1.51. The minimum absolute atomic E-state index is 0.0625. The van der Waals surface area contributed by atoms with Crippen LogP contribution >= 0.6 is 11.8 Å². The van der Waals surface area contributed by atoms with E-state index in [4.69, 9.17) is 9.84 Å². The number of urea groups is 1. The van der Waals surface area contributed by atoms with Gasteiger partial charge >= 0.3 is 6.03 Å². The largest absolute Gasteiger partial charge is 0.508 e. The van der Waals surface area contributed by atoms with Gasteiger partial charge in [0, 0.05) is 53.6 Å². The number of ether oxygens (including phenoxy) is 1. The van der Waals surface area contributed by atoms with E-state index in [0.717, 1.165) is 66.0 Å². The number of benzene rings is 3. The summed E-state index contributed by atoms with van der Waals surface area (Å²) in [6.07, 6.45) is 2.72. The van der Waals surface area contributed by atoms with Gasteiger partial charge in [-0.25, -0.2) is 13.9 Å². The predicted molar refractivity (Wildman–Crippen MR) is 199 cm³/mol. The Labute approximate surface area is 305 Å². The number of anilines is 1. The monoisotopic (exact) mass is 720 g/mol. The fourth-order valence-corrected chi connectivity index (χ4v) is 6.96. The molecule has 3 aromatic heterocycles. The molecule has 3 aromatic carbocycles. The lowest BCUT2D eigenvalue weighted by Crippen LogP contribution is -2.35. The van der Waals surface area contributed by atoms with Crippen LogP contribution in [0.25, 0.3) is 22.7 Å². The Hall–Kier alpha value is -5.24. The Kier molecular flexibility index (Phi) is 10.3. The van der Waals surface area contributed by atoms with Crippen LogP contribution in [0.4, 0.5) is 15.0 Å². The van der Waals surface area contributed by atoms with Gasteiger partial charge < -0.3 is 15.2 Å². The average Bonchev–Trinajstić information content (AvgIpc) is 3.78. The Balaban J connectivity index is 1.08. The average molecular weight is 721 g/mol. The maximum absolute atomic E-state index is 14.7. The van der Waals surface area contributed by atoms with Gasteiger partial charge in [0.1, 0.15) is 17.4 Å². The first kappa shape index (κ1) is 35.2. The zero-order valence-corrected chi connectivity index (χ0v) is 30.2. The van der Waals surface area contributed by atoms with Crippen molar-refractivity contribution in [2.45, 2.75) is 55.5 Å². The number of hydrogen-bond acceptors (Lipinski definition) is 8. The van der Waals surface area contributed by atoms with Crippen molar-refractivity contribution in [3.05, 3.63) is 114 Å². The summed E-state index contributed by atoms with van der Waals surface area (Å²) in [7, 11) is 0. The number of aromatic hydroxyl groups is 1. The number of amides is 2. The molecule has 0 radical (unpaired) electrons. The van der Waals surface area contributed by atoms with Crippen molar-refractivity contribution in [3.8, 4) is 22.8 Å². The standard InChI is InChI=1S/C39H41FN8O3S/c1-4-39(2,3)34-22-36(48(45-34)28-10-7-8-26(20-28)24-46-16-18-51-19-17-46)42-38(50)41-23-27-9-5-6-11-33(27)52-30-13-15-35-43-44-37(47(35)25-30)31-21-29(49)12-14-32(31)40/h5-15,20-22,25,49H,4,16-19,23-24H2,1-3H3,(H2,41,42,50). The number of aromatic nitrogens is 5. The quantitative estimate of drug-likeness (QED) is 0.127. The van der Waals surface area contributed by atoms with Crippen LogP contribution in [0, 0.1) is 5.82 Å². The summed E-state index contributed by atoms with van der Waals surface area (Å²) in [5.41, 5.74) is 4.37. The van der Waals surface area contributed by atoms with E-state index in [1.807, 2.05) is 65.5 Å². The van der Waals surface area contributed by atoms with E-state index >= 15 is 0 Å². The van der Waals surface area contributed by atoms with Crippen LogP contribution in [-0.2, 0) is 23.2 Å². The highest BCUT2D eigenvalue weighted by atomic mass is 32.2. The minimum atomic E-state index is -0.509. The van der Waals surface area contributed by atoms with E-state index in [1.165, 1.54) is 35.5 Å². The topological polar surface area (TPSA) is 122 Å². The van der Waals surface area contributed by atoms with Gasteiger partial charge in [0.2, 0.25) is 0 Å². The van der Waals surface area contributed by atoms with Gasteiger partial charge in [0.25, 0.3) is 0 Å². The van der Waals surface area contributed by atoms with Crippen LogP contribution < -0.4 is 10.6 Å². The van der Waals surface area contributed by atoms with Crippen LogP contribution in [0.5, 0.6) is 5.75 Å². The van der Waals surface area contributed by atoms with Crippen LogP contribution in [0.15, 0.2) is 101 Å². The SMILES string of the molecule is CCC(C)(C)c1cc(NC(=O)NCc2ccccc2Sc2ccc3nnc(-c4cc(O)ccc4F)n3c2)n(-c2cccc(CN3CCOCC3)c2)n1. The molecule has 11 nitrogen and oxygen atoms in total. The fourth-order valence-electron chi connectivity index (χ4n) is 6.00. The molecule has 0 spiro atoms. The molecule has 13 heteroatoms. The third kappa shape index (κ3) is 7.81. The Morgan fingerprint density at radius 3 is 2.65 bits per heavy atom. The first-order chi connectivity index (χ1) is 25.2. The van der Waals surface area contributed by atoms with Crippen molar-refractivity contribution in [3.63, 3.8) is 0 Å². The van der Waals surface area contributed by atoms with E-state index in [1.54, 1.807) is 4.40 Å². The number of nitrogens with zero attached hydrogens (tertiary/aromatic N) is 6. The zero-order chi connectivity index (χ0) is 36.2. The molecule has 1 saturated heterocycles. The maximum atomic E-state index is 14.7. The number of phenols is 1. The molecule has 2 amide bonds. The second-order valence-electron chi connectivity index (χ2n) is 13.4.